The van der Waals surface area contributed by atoms with Crippen LogP contribution in [-0.2, 0) is 27.4 Å². The van der Waals surface area contributed by atoms with Crippen LogP contribution in [0.3, 0.4) is 0 Å². The predicted molar refractivity (Wildman–Crippen MR) is 146 cm³/mol. The van der Waals surface area contributed by atoms with Crippen LogP contribution < -0.4 is 16.1 Å². The Morgan fingerprint density at radius 3 is 2.35 bits per heavy atom. The summed E-state index contributed by atoms with van der Waals surface area (Å²) >= 11 is 0. The number of nitrogens with two attached hydrogens (primary N) is 1. The molecule has 220 valence electrons. The molecule has 1 aromatic carbocycles. The van der Waals surface area contributed by atoms with Crippen molar-refractivity contribution in [3.63, 3.8) is 0 Å². The van der Waals surface area contributed by atoms with Crippen molar-refractivity contribution in [1.82, 2.24) is 10.4 Å². The number of aliphatic hydroxyl groups is 3. The minimum Gasteiger partial charge on any atom is -0.508 e. The number of rotatable bonds is 6. The molecule has 0 radical (unpaired) electrons. The van der Waals surface area contributed by atoms with Gasteiger partial charge in [-0.1, -0.05) is 0 Å². The Balaban J connectivity index is 1.88. The topological polar surface area (TPSA) is 186 Å². The first-order chi connectivity index (χ1) is 18.4. The van der Waals surface area contributed by atoms with E-state index in [-0.39, 0.29) is 36.3 Å². The van der Waals surface area contributed by atoms with Crippen molar-refractivity contribution in [2.24, 2.45) is 23.5 Å². The lowest BCUT2D eigenvalue weighted by molar-refractivity contribution is -0.178. The number of allylic oxidation sites excluding steroid dienone is 1. The standard InChI is InChI=1S/C28H40N4O8/c1-27(2,3)40-30-11-13-10-16(31(4)5)14-8-12-9-15-20(32(6)7)23(35)19(26(29)38)25(37)28(15,39)24(36)17(12)22(34)18(14)21(13)33/h10,12,15,19-20,23,30,33,35-36,39H,8-9,11H2,1-7H3,(H2,29,38)/t12-,15-,19?,20?,23?,28-/m0/s1. The summed E-state index contributed by atoms with van der Waals surface area (Å²) in [6.45, 7) is 5.64. The highest BCUT2D eigenvalue weighted by molar-refractivity contribution is 6.16. The lowest BCUT2D eigenvalue weighted by atomic mass is 9.56. The van der Waals surface area contributed by atoms with Gasteiger partial charge in [0.1, 0.15) is 17.4 Å². The molecule has 0 aromatic heterocycles. The second-order valence-electron chi connectivity index (χ2n) is 12.5. The molecule has 1 fully saturated rings. The van der Waals surface area contributed by atoms with Crippen LogP contribution in [0.2, 0.25) is 0 Å². The number of nitrogens with one attached hydrogen (secondary N) is 1. The number of phenolic OH excluding ortho intramolecular Hbond substituents is 1. The summed E-state index contributed by atoms with van der Waals surface area (Å²) in [5.41, 5.74) is 6.54. The monoisotopic (exact) mass is 560 g/mol. The highest BCUT2D eigenvalue weighted by atomic mass is 16.7. The van der Waals surface area contributed by atoms with Crippen LogP contribution in [0.15, 0.2) is 17.4 Å². The largest absolute Gasteiger partial charge is 0.508 e. The second-order valence-corrected chi connectivity index (χ2v) is 12.5. The molecule has 3 aliphatic carbocycles. The maximum Gasteiger partial charge on any atom is 0.230 e. The number of phenols is 1. The van der Waals surface area contributed by atoms with E-state index < -0.39 is 64.3 Å². The van der Waals surface area contributed by atoms with Gasteiger partial charge in [0, 0.05) is 49.4 Å². The molecular weight excluding hydrogens is 520 g/mol. The van der Waals surface area contributed by atoms with Gasteiger partial charge < -0.3 is 36.0 Å². The van der Waals surface area contributed by atoms with Gasteiger partial charge in [-0.2, -0.15) is 5.48 Å². The number of hydrogen-bond donors (Lipinski definition) is 6. The number of aromatic hydroxyl groups is 1. The minimum atomic E-state index is -2.62. The number of amides is 1. The van der Waals surface area contributed by atoms with Gasteiger partial charge in [-0.15, -0.1) is 0 Å². The Bertz CT molecular complexity index is 1280. The third kappa shape index (κ3) is 4.57. The van der Waals surface area contributed by atoms with Crippen molar-refractivity contribution in [1.29, 1.82) is 0 Å². The number of primary amides is 1. The fraction of sp³-hybridized carbons (Fsp3) is 0.607. The van der Waals surface area contributed by atoms with Gasteiger partial charge in [-0.3, -0.25) is 19.2 Å². The van der Waals surface area contributed by atoms with E-state index in [0.717, 1.165) is 0 Å². The molecule has 4 rings (SSSR count). The van der Waals surface area contributed by atoms with Crippen LogP contribution in [0, 0.1) is 17.8 Å². The normalized spacial score (nSPS) is 30.2. The molecular formula is C28H40N4O8. The van der Waals surface area contributed by atoms with Crippen molar-refractivity contribution >= 4 is 23.2 Å². The van der Waals surface area contributed by atoms with Crippen LogP contribution in [0.4, 0.5) is 5.69 Å². The lowest BCUT2D eigenvalue weighted by Crippen LogP contribution is -2.71. The van der Waals surface area contributed by atoms with Crippen LogP contribution in [0.5, 0.6) is 5.75 Å². The Morgan fingerprint density at radius 1 is 1.20 bits per heavy atom. The molecule has 12 heteroatoms. The lowest BCUT2D eigenvalue weighted by Gasteiger charge is -2.53. The Kier molecular flexibility index (Phi) is 7.57. The molecule has 6 atom stereocenters. The summed E-state index contributed by atoms with van der Waals surface area (Å²) in [5.74, 6) is -7.59. The van der Waals surface area contributed by atoms with E-state index >= 15 is 0 Å². The number of Topliss-reactive ketones (excluding diaryl/α,β-unsaturated/α-hetero) is 2. The summed E-state index contributed by atoms with van der Waals surface area (Å²) in [6, 6.07) is 0.848. The SMILES string of the molecule is CN(C)c1cc(CNOC(C)(C)C)c(O)c2c1C[C@H]1C[C@H]3C(N(C)C)C(O)C(C(N)=O)C(=O)[C@@]3(O)C(O)=C1C2=O. The van der Waals surface area contributed by atoms with Gasteiger partial charge in [-0.25, -0.2) is 0 Å². The third-order valence-electron chi connectivity index (χ3n) is 8.27. The molecule has 7 N–H and O–H groups in total. The van der Waals surface area contributed by atoms with Crippen molar-refractivity contribution in [3.05, 3.63) is 34.1 Å². The van der Waals surface area contributed by atoms with Crippen LogP contribution in [-0.4, -0.2) is 94.3 Å². The molecule has 0 bridgehead atoms. The number of aliphatic hydroxyl groups excluding tert-OH is 2. The average molecular weight is 561 g/mol. The zero-order chi connectivity index (χ0) is 30.1. The van der Waals surface area contributed by atoms with Gasteiger partial charge in [0.2, 0.25) is 5.91 Å². The van der Waals surface area contributed by atoms with Gasteiger partial charge in [-0.05, 0) is 65.3 Å². The molecule has 3 unspecified atom stereocenters. The number of ketones is 2. The van der Waals surface area contributed by atoms with E-state index in [1.807, 2.05) is 39.8 Å². The Labute approximate surface area is 233 Å². The molecule has 1 amide bonds. The first kappa shape index (κ1) is 29.9. The van der Waals surface area contributed by atoms with Gasteiger partial charge in [0.15, 0.2) is 17.2 Å². The van der Waals surface area contributed by atoms with Crippen molar-refractivity contribution in [2.75, 3.05) is 33.1 Å². The number of benzene rings is 1. The van der Waals surface area contributed by atoms with E-state index in [0.29, 0.717) is 16.8 Å². The van der Waals surface area contributed by atoms with Gasteiger partial charge >= 0.3 is 0 Å². The number of likely N-dealkylation sites (N-methyl/N-ethyl adjacent to an activating group) is 1. The van der Waals surface area contributed by atoms with Crippen molar-refractivity contribution < 1.29 is 39.6 Å². The number of nitrogens with zero attached hydrogens (tertiary/aromatic N) is 2. The first-order valence-corrected chi connectivity index (χ1v) is 13.3. The molecule has 40 heavy (non-hydrogen) atoms. The van der Waals surface area contributed by atoms with Crippen LogP contribution in [0.25, 0.3) is 0 Å². The van der Waals surface area contributed by atoms with Gasteiger partial charge in [0.05, 0.1) is 17.3 Å². The number of carbonyl (C=O) groups is 3. The third-order valence-corrected chi connectivity index (χ3v) is 8.27. The maximum atomic E-state index is 14.0. The fourth-order valence-electron chi connectivity index (χ4n) is 6.57. The van der Waals surface area contributed by atoms with E-state index in [1.165, 1.54) is 0 Å². The first-order valence-electron chi connectivity index (χ1n) is 13.3. The number of carbonyl (C=O) groups excluding carboxylic acids is 3. The van der Waals surface area contributed by atoms with Gasteiger partial charge in [0.25, 0.3) is 0 Å². The summed E-state index contributed by atoms with van der Waals surface area (Å²) in [7, 11) is 6.87. The molecule has 0 heterocycles. The highest BCUT2D eigenvalue weighted by Gasteiger charge is 2.66. The minimum absolute atomic E-state index is 0.0301. The number of hydroxylamine groups is 1. The fourth-order valence-corrected chi connectivity index (χ4v) is 6.57. The smallest absolute Gasteiger partial charge is 0.230 e. The van der Waals surface area contributed by atoms with E-state index in [4.69, 9.17) is 10.6 Å². The summed E-state index contributed by atoms with van der Waals surface area (Å²) in [4.78, 5) is 48.7. The number of hydrogen-bond acceptors (Lipinski definition) is 11. The molecule has 12 nitrogen and oxygen atoms in total. The molecule has 1 aromatic rings. The second kappa shape index (κ2) is 10.1. The quantitative estimate of drug-likeness (QED) is 0.206. The highest BCUT2D eigenvalue weighted by Crippen LogP contribution is 2.53. The number of fused-ring (bicyclic) bond motifs is 3. The Morgan fingerprint density at radius 2 is 1.82 bits per heavy atom. The van der Waals surface area contributed by atoms with E-state index in [1.54, 1.807) is 25.1 Å². The van der Waals surface area contributed by atoms with Crippen molar-refractivity contribution in [3.8, 4) is 5.75 Å². The van der Waals surface area contributed by atoms with E-state index in [9.17, 15) is 34.8 Å². The van der Waals surface area contributed by atoms with Crippen molar-refractivity contribution in [2.45, 2.75) is 63.5 Å². The summed E-state index contributed by atoms with van der Waals surface area (Å²) in [5, 5.41) is 45.5. The zero-order valence-corrected chi connectivity index (χ0v) is 24.0. The molecule has 0 spiro atoms. The molecule has 3 aliphatic rings. The predicted octanol–water partition coefficient (Wildman–Crippen LogP) is 0.171. The van der Waals surface area contributed by atoms with Crippen LogP contribution in [0.1, 0.15) is 48.7 Å². The summed E-state index contributed by atoms with van der Waals surface area (Å²) in [6.07, 6.45) is -1.23. The summed E-state index contributed by atoms with van der Waals surface area (Å²) < 4.78 is 0. The van der Waals surface area contributed by atoms with Crippen LogP contribution >= 0.6 is 0 Å². The maximum absolute atomic E-state index is 14.0. The Hall–Kier alpha value is -3.03. The molecule has 1 saturated carbocycles. The zero-order valence-electron chi connectivity index (χ0n) is 24.0. The molecule has 0 saturated heterocycles. The van der Waals surface area contributed by atoms with E-state index in [2.05, 4.69) is 5.48 Å². The molecule has 0 aliphatic heterocycles. The average Bonchev–Trinajstić information content (AvgIpc) is 2.81. The number of anilines is 1.